The van der Waals surface area contributed by atoms with E-state index < -0.39 is 37.3 Å². The van der Waals surface area contributed by atoms with Gasteiger partial charge in [-0.25, -0.2) is 0 Å². The van der Waals surface area contributed by atoms with E-state index in [4.69, 9.17) is 20.7 Å². The molecule has 7 heteroatoms. The fraction of sp³-hybridized carbons (Fsp3) is 1.00. The first kappa shape index (κ1) is 12.7. The highest BCUT2D eigenvalue weighted by Crippen LogP contribution is 2.17. The van der Waals surface area contributed by atoms with Gasteiger partial charge < -0.3 is 37.0 Å². The van der Waals surface area contributed by atoms with Gasteiger partial charge in [0, 0.05) is 0 Å². The van der Waals surface area contributed by atoms with Crippen molar-refractivity contribution in [2.24, 2.45) is 5.73 Å². The van der Waals surface area contributed by atoms with Gasteiger partial charge in [-0.1, -0.05) is 0 Å². The molecular weight excluding hydrogens is 180 g/mol. The summed E-state index contributed by atoms with van der Waals surface area (Å²) in [5, 5.41) is 36.1. The SMILES string of the molecule is N.N[C@@H]1[C@@H](O)[C@H](O)[C@@H](CO)O[C@H]1O. The van der Waals surface area contributed by atoms with E-state index in [1.165, 1.54) is 0 Å². The summed E-state index contributed by atoms with van der Waals surface area (Å²) < 4.78 is 4.70. The molecule has 0 spiro atoms. The lowest BCUT2D eigenvalue weighted by Gasteiger charge is -2.38. The molecule has 13 heavy (non-hydrogen) atoms. The van der Waals surface area contributed by atoms with Crippen LogP contribution in [0.2, 0.25) is 0 Å². The van der Waals surface area contributed by atoms with Crippen molar-refractivity contribution in [2.75, 3.05) is 6.61 Å². The van der Waals surface area contributed by atoms with Crippen LogP contribution in [0, 0.1) is 0 Å². The highest BCUT2D eigenvalue weighted by Gasteiger charge is 2.41. The van der Waals surface area contributed by atoms with Crippen molar-refractivity contribution in [1.82, 2.24) is 6.15 Å². The zero-order valence-corrected chi connectivity index (χ0v) is 7.08. The van der Waals surface area contributed by atoms with Crippen LogP contribution in [0.4, 0.5) is 0 Å². The molecule has 1 aliphatic rings. The van der Waals surface area contributed by atoms with E-state index in [9.17, 15) is 10.2 Å². The summed E-state index contributed by atoms with van der Waals surface area (Å²) in [5.74, 6) is 0. The first-order valence-corrected chi connectivity index (χ1v) is 3.64. The summed E-state index contributed by atoms with van der Waals surface area (Å²) in [7, 11) is 0. The summed E-state index contributed by atoms with van der Waals surface area (Å²) >= 11 is 0. The molecule has 9 N–H and O–H groups in total. The Hall–Kier alpha value is -0.280. The summed E-state index contributed by atoms with van der Waals surface area (Å²) in [5.41, 5.74) is 5.26. The Labute approximate surface area is 75.3 Å². The van der Waals surface area contributed by atoms with Gasteiger partial charge in [0.15, 0.2) is 6.29 Å². The molecule has 0 aliphatic carbocycles. The molecule has 5 atom stereocenters. The topological polar surface area (TPSA) is 151 Å². The lowest BCUT2D eigenvalue weighted by atomic mass is 9.98. The second kappa shape index (κ2) is 4.82. The molecule has 80 valence electrons. The molecule has 0 saturated carbocycles. The van der Waals surface area contributed by atoms with E-state index in [1.54, 1.807) is 0 Å². The van der Waals surface area contributed by atoms with Crippen LogP contribution in [0.5, 0.6) is 0 Å². The number of hydrogen-bond donors (Lipinski definition) is 6. The minimum atomic E-state index is -1.35. The first-order chi connectivity index (χ1) is 5.57. The van der Waals surface area contributed by atoms with Crippen LogP contribution in [0.1, 0.15) is 0 Å². The molecule has 1 fully saturated rings. The van der Waals surface area contributed by atoms with Gasteiger partial charge >= 0.3 is 0 Å². The third kappa shape index (κ3) is 2.35. The number of aliphatic hydroxyl groups excluding tert-OH is 4. The maximum atomic E-state index is 9.20. The van der Waals surface area contributed by atoms with Gasteiger partial charge in [-0.05, 0) is 0 Å². The molecule has 1 rings (SSSR count). The fourth-order valence-corrected chi connectivity index (χ4v) is 1.12. The van der Waals surface area contributed by atoms with Crippen LogP contribution in [0.15, 0.2) is 0 Å². The molecule has 0 amide bonds. The minimum absolute atomic E-state index is 0. The molecule has 0 aromatic rings. The average Bonchev–Trinajstić information content (AvgIpc) is 2.08. The quantitative estimate of drug-likeness (QED) is 0.260. The van der Waals surface area contributed by atoms with E-state index in [1.807, 2.05) is 0 Å². The predicted molar refractivity (Wildman–Crippen MR) is 43.0 cm³/mol. The van der Waals surface area contributed by atoms with E-state index >= 15 is 0 Å². The predicted octanol–water partition coefficient (Wildman–Crippen LogP) is -3.09. The van der Waals surface area contributed by atoms with Crippen molar-refractivity contribution >= 4 is 0 Å². The van der Waals surface area contributed by atoms with Crippen LogP contribution < -0.4 is 11.9 Å². The number of hydrogen-bond acceptors (Lipinski definition) is 7. The van der Waals surface area contributed by atoms with Crippen molar-refractivity contribution in [2.45, 2.75) is 30.6 Å². The molecule has 1 heterocycles. The van der Waals surface area contributed by atoms with E-state index in [-0.39, 0.29) is 6.15 Å². The van der Waals surface area contributed by atoms with Gasteiger partial charge in [0.05, 0.1) is 12.6 Å². The van der Waals surface area contributed by atoms with Crippen LogP contribution in [-0.4, -0.2) is 57.7 Å². The molecule has 1 aliphatic heterocycles. The van der Waals surface area contributed by atoms with Gasteiger partial charge in [-0.2, -0.15) is 0 Å². The van der Waals surface area contributed by atoms with Crippen molar-refractivity contribution in [1.29, 1.82) is 0 Å². The molecule has 7 nitrogen and oxygen atoms in total. The Balaban J connectivity index is 0.00000144. The van der Waals surface area contributed by atoms with Crippen LogP contribution >= 0.6 is 0 Å². The third-order valence-electron chi connectivity index (χ3n) is 1.95. The van der Waals surface area contributed by atoms with Gasteiger partial charge in [0.1, 0.15) is 18.3 Å². The maximum Gasteiger partial charge on any atom is 0.173 e. The Morgan fingerprint density at radius 1 is 1.15 bits per heavy atom. The number of ether oxygens (including phenoxy) is 1. The van der Waals surface area contributed by atoms with Gasteiger partial charge in [-0.3, -0.25) is 0 Å². The van der Waals surface area contributed by atoms with E-state index in [0.717, 1.165) is 0 Å². The second-order valence-corrected chi connectivity index (χ2v) is 2.81. The zero-order valence-electron chi connectivity index (χ0n) is 7.08. The maximum absolute atomic E-state index is 9.20. The fourth-order valence-electron chi connectivity index (χ4n) is 1.12. The van der Waals surface area contributed by atoms with Crippen molar-refractivity contribution in [3.63, 3.8) is 0 Å². The lowest BCUT2D eigenvalue weighted by molar-refractivity contribution is -0.248. The summed E-state index contributed by atoms with van der Waals surface area (Å²) in [6, 6.07) is -1.04. The summed E-state index contributed by atoms with van der Waals surface area (Å²) in [6.45, 7) is -0.470. The zero-order chi connectivity index (χ0) is 9.30. The summed E-state index contributed by atoms with van der Waals surface area (Å²) in [4.78, 5) is 0. The van der Waals surface area contributed by atoms with Crippen molar-refractivity contribution in [3.05, 3.63) is 0 Å². The van der Waals surface area contributed by atoms with Crippen LogP contribution in [0.3, 0.4) is 0 Å². The molecule has 1 saturated heterocycles. The molecule has 0 unspecified atom stereocenters. The number of rotatable bonds is 1. The largest absolute Gasteiger partial charge is 0.394 e. The van der Waals surface area contributed by atoms with Crippen molar-refractivity contribution < 1.29 is 25.2 Å². The van der Waals surface area contributed by atoms with Crippen LogP contribution in [0.25, 0.3) is 0 Å². The Kier molecular flexibility index (Phi) is 4.71. The standard InChI is InChI=1S/C6H13NO5.H3N/c7-3-5(10)4(9)2(1-8)12-6(3)11;/h2-6,8-11H,1,7H2;1H3/t2-,3-,4-,5-,6-;/m1./s1. The number of aliphatic hydroxyl groups is 4. The molecule has 0 radical (unpaired) electrons. The normalized spacial score (nSPS) is 45.5. The van der Waals surface area contributed by atoms with Gasteiger partial charge in [0.2, 0.25) is 0 Å². The monoisotopic (exact) mass is 196 g/mol. The highest BCUT2D eigenvalue weighted by atomic mass is 16.6. The van der Waals surface area contributed by atoms with E-state index in [0.29, 0.717) is 0 Å². The molecule has 0 aromatic carbocycles. The van der Waals surface area contributed by atoms with Gasteiger partial charge in [-0.15, -0.1) is 0 Å². The molecular formula is C6H16N2O5. The molecule has 0 bridgehead atoms. The lowest BCUT2D eigenvalue weighted by Crippen LogP contribution is -2.61. The summed E-state index contributed by atoms with van der Waals surface area (Å²) in [6.07, 6.45) is -4.85. The van der Waals surface area contributed by atoms with Crippen molar-refractivity contribution in [3.8, 4) is 0 Å². The average molecular weight is 196 g/mol. The Bertz CT molecular complexity index is 153. The highest BCUT2D eigenvalue weighted by molar-refractivity contribution is 4.90. The van der Waals surface area contributed by atoms with Gasteiger partial charge in [0.25, 0.3) is 0 Å². The number of nitrogens with two attached hydrogens (primary N) is 1. The first-order valence-electron chi connectivity index (χ1n) is 3.64. The van der Waals surface area contributed by atoms with Crippen LogP contribution in [-0.2, 0) is 4.74 Å². The van der Waals surface area contributed by atoms with E-state index in [2.05, 4.69) is 0 Å². The molecule has 0 aromatic heterocycles. The Morgan fingerprint density at radius 2 is 1.69 bits per heavy atom. The Morgan fingerprint density at radius 3 is 2.15 bits per heavy atom. The second-order valence-electron chi connectivity index (χ2n) is 2.81. The third-order valence-corrected chi connectivity index (χ3v) is 1.95. The minimum Gasteiger partial charge on any atom is -0.394 e. The smallest absolute Gasteiger partial charge is 0.173 e.